The van der Waals surface area contributed by atoms with Gasteiger partial charge >= 0.3 is 0 Å². The molecule has 27 heavy (non-hydrogen) atoms. The van der Waals surface area contributed by atoms with Gasteiger partial charge in [0.1, 0.15) is 23.7 Å². The van der Waals surface area contributed by atoms with Gasteiger partial charge in [0, 0.05) is 32.7 Å². The molecule has 0 saturated carbocycles. The molecule has 4 rings (SSSR count). The molecule has 8 heteroatoms. The highest BCUT2D eigenvalue weighted by molar-refractivity contribution is 5.82. The molecule has 1 atom stereocenters. The first-order chi connectivity index (χ1) is 13.2. The van der Waals surface area contributed by atoms with Crippen molar-refractivity contribution in [3.63, 3.8) is 0 Å². The zero-order valence-corrected chi connectivity index (χ0v) is 15.7. The first-order valence-electron chi connectivity index (χ1n) is 9.53. The lowest BCUT2D eigenvalue weighted by atomic mass is 10.2. The normalized spacial score (nSPS) is 19.5. The van der Waals surface area contributed by atoms with Gasteiger partial charge in [-0.2, -0.15) is 0 Å². The zero-order valence-electron chi connectivity index (χ0n) is 15.7. The second kappa shape index (κ2) is 7.96. The third-order valence-corrected chi connectivity index (χ3v) is 5.36. The number of amides is 1. The monoisotopic (exact) mass is 370 g/mol. The molecule has 2 aromatic rings. The summed E-state index contributed by atoms with van der Waals surface area (Å²) in [5.41, 5.74) is 0. The first kappa shape index (κ1) is 17.8. The molecule has 2 aliphatic heterocycles. The van der Waals surface area contributed by atoms with E-state index in [-0.39, 0.29) is 11.9 Å². The number of anilines is 2. The molecule has 0 bridgehead atoms. The number of piperazine rings is 1. The van der Waals surface area contributed by atoms with Gasteiger partial charge in [-0.05, 0) is 38.1 Å². The van der Waals surface area contributed by atoms with Gasteiger partial charge in [-0.1, -0.05) is 0 Å². The highest BCUT2D eigenvalue weighted by Crippen LogP contribution is 2.26. The van der Waals surface area contributed by atoms with Crippen LogP contribution in [0.5, 0.6) is 0 Å². The Morgan fingerprint density at radius 2 is 2.07 bits per heavy atom. The van der Waals surface area contributed by atoms with Crippen LogP contribution in [0, 0.1) is 0 Å². The minimum atomic E-state index is 0.112. The molecule has 8 nitrogen and oxygen atoms in total. The van der Waals surface area contributed by atoms with Gasteiger partial charge in [-0.25, -0.2) is 9.97 Å². The lowest BCUT2D eigenvalue weighted by Gasteiger charge is -2.32. The Hall–Kier alpha value is -2.61. The number of rotatable bonds is 6. The van der Waals surface area contributed by atoms with Crippen LogP contribution in [-0.4, -0.2) is 72.0 Å². The zero-order chi connectivity index (χ0) is 18.6. The van der Waals surface area contributed by atoms with Crippen LogP contribution in [0.3, 0.4) is 0 Å². The van der Waals surface area contributed by atoms with E-state index in [4.69, 9.17) is 4.42 Å². The van der Waals surface area contributed by atoms with E-state index in [2.05, 4.69) is 20.2 Å². The van der Waals surface area contributed by atoms with E-state index in [1.807, 2.05) is 30.1 Å². The number of nitrogens with one attached hydrogen (secondary N) is 1. The number of hydrogen-bond donors (Lipinski definition) is 1. The fourth-order valence-corrected chi connectivity index (χ4v) is 3.72. The summed E-state index contributed by atoms with van der Waals surface area (Å²) >= 11 is 0. The predicted molar refractivity (Wildman–Crippen MR) is 103 cm³/mol. The van der Waals surface area contributed by atoms with Crippen LogP contribution < -0.4 is 10.2 Å². The summed E-state index contributed by atoms with van der Waals surface area (Å²) in [6, 6.07) is 6.07. The van der Waals surface area contributed by atoms with Gasteiger partial charge in [0.2, 0.25) is 5.91 Å². The van der Waals surface area contributed by atoms with Gasteiger partial charge < -0.3 is 19.5 Å². The Balaban J connectivity index is 1.43. The average Bonchev–Trinajstić information content (AvgIpc) is 3.39. The van der Waals surface area contributed by atoms with Gasteiger partial charge in [0.05, 0.1) is 18.8 Å². The summed E-state index contributed by atoms with van der Waals surface area (Å²) in [4.78, 5) is 26.9. The Morgan fingerprint density at radius 3 is 2.81 bits per heavy atom. The molecule has 1 unspecified atom stereocenters. The number of carbonyl (C=O) groups excluding carboxylic acids is 1. The van der Waals surface area contributed by atoms with Gasteiger partial charge in [-0.15, -0.1) is 0 Å². The van der Waals surface area contributed by atoms with Crippen molar-refractivity contribution in [1.82, 2.24) is 19.8 Å². The number of aromatic nitrogens is 2. The standard InChI is InChI=1S/C19H26N6O2/c1-23-8-9-25(13-19(23)26)18-11-17(21-14-22-18)20-12-15(16-5-4-10-27-16)24-6-2-3-7-24/h4-5,10-11,14-15H,2-3,6-9,12-13H2,1H3,(H,20,21,22). The van der Waals surface area contributed by atoms with E-state index in [9.17, 15) is 4.79 Å². The van der Waals surface area contributed by atoms with E-state index >= 15 is 0 Å². The molecule has 2 saturated heterocycles. The number of furan rings is 1. The number of carbonyl (C=O) groups is 1. The molecule has 4 heterocycles. The Kier molecular flexibility index (Phi) is 5.24. The Morgan fingerprint density at radius 1 is 1.22 bits per heavy atom. The second-order valence-electron chi connectivity index (χ2n) is 7.15. The minimum absolute atomic E-state index is 0.112. The fraction of sp³-hybridized carbons (Fsp3) is 0.526. The van der Waals surface area contributed by atoms with Crippen molar-refractivity contribution in [3.05, 3.63) is 36.5 Å². The van der Waals surface area contributed by atoms with Crippen molar-refractivity contribution in [1.29, 1.82) is 0 Å². The predicted octanol–water partition coefficient (Wildman–Crippen LogP) is 1.60. The summed E-state index contributed by atoms with van der Waals surface area (Å²) < 4.78 is 5.67. The van der Waals surface area contributed by atoms with E-state index < -0.39 is 0 Å². The summed E-state index contributed by atoms with van der Waals surface area (Å²) in [6.07, 6.45) is 5.74. The van der Waals surface area contributed by atoms with E-state index in [1.54, 1.807) is 17.5 Å². The number of hydrogen-bond acceptors (Lipinski definition) is 7. The number of nitrogens with zero attached hydrogens (tertiary/aromatic N) is 5. The van der Waals surface area contributed by atoms with Crippen molar-refractivity contribution in [2.75, 3.05) is 56.5 Å². The quantitative estimate of drug-likeness (QED) is 0.827. The molecular weight excluding hydrogens is 344 g/mol. The largest absolute Gasteiger partial charge is 0.468 e. The lowest BCUT2D eigenvalue weighted by Crippen LogP contribution is -2.48. The van der Waals surface area contributed by atoms with E-state index in [0.717, 1.165) is 37.0 Å². The molecule has 2 fully saturated rings. The molecule has 1 amide bonds. The molecule has 0 aromatic carbocycles. The molecule has 2 aromatic heterocycles. The van der Waals surface area contributed by atoms with Crippen LogP contribution in [-0.2, 0) is 4.79 Å². The van der Waals surface area contributed by atoms with Gasteiger partial charge in [-0.3, -0.25) is 9.69 Å². The fourth-order valence-electron chi connectivity index (χ4n) is 3.72. The van der Waals surface area contributed by atoms with Crippen LogP contribution in [0.1, 0.15) is 24.6 Å². The third kappa shape index (κ3) is 4.05. The summed E-state index contributed by atoms with van der Waals surface area (Å²) in [5.74, 6) is 2.64. The first-order valence-corrected chi connectivity index (χ1v) is 9.53. The molecule has 1 N–H and O–H groups in total. The number of likely N-dealkylation sites (N-methyl/N-ethyl adjacent to an activating group) is 1. The smallest absolute Gasteiger partial charge is 0.241 e. The van der Waals surface area contributed by atoms with Crippen molar-refractivity contribution in [2.24, 2.45) is 0 Å². The average molecular weight is 370 g/mol. The molecule has 144 valence electrons. The second-order valence-corrected chi connectivity index (χ2v) is 7.15. The van der Waals surface area contributed by atoms with Crippen molar-refractivity contribution >= 4 is 17.5 Å². The van der Waals surface area contributed by atoms with Crippen molar-refractivity contribution in [3.8, 4) is 0 Å². The van der Waals surface area contributed by atoms with Crippen LogP contribution >= 0.6 is 0 Å². The SMILES string of the molecule is CN1CCN(c2cc(NCC(c3ccco3)N3CCCC3)ncn2)CC1=O. The van der Waals surface area contributed by atoms with Crippen molar-refractivity contribution in [2.45, 2.75) is 18.9 Å². The molecule has 2 aliphatic rings. The van der Waals surface area contributed by atoms with Crippen LogP contribution in [0.25, 0.3) is 0 Å². The van der Waals surface area contributed by atoms with E-state index in [1.165, 1.54) is 12.8 Å². The van der Waals surface area contributed by atoms with Crippen LogP contribution in [0.4, 0.5) is 11.6 Å². The topological polar surface area (TPSA) is 77.7 Å². The Bertz CT molecular complexity index is 759. The maximum atomic E-state index is 12.0. The molecule has 0 spiro atoms. The molecule has 0 radical (unpaired) electrons. The Labute approximate surface area is 159 Å². The minimum Gasteiger partial charge on any atom is -0.468 e. The maximum Gasteiger partial charge on any atom is 0.241 e. The highest BCUT2D eigenvalue weighted by Gasteiger charge is 2.26. The summed E-state index contributed by atoms with van der Waals surface area (Å²) in [5, 5.41) is 3.43. The van der Waals surface area contributed by atoms with Gasteiger partial charge in [0.15, 0.2) is 0 Å². The third-order valence-electron chi connectivity index (χ3n) is 5.36. The number of likely N-dealkylation sites (tertiary alicyclic amines) is 1. The lowest BCUT2D eigenvalue weighted by molar-refractivity contribution is -0.129. The summed E-state index contributed by atoms with van der Waals surface area (Å²) in [7, 11) is 1.83. The molecule has 0 aliphatic carbocycles. The maximum absolute atomic E-state index is 12.0. The molecular formula is C19H26N6O2. The highest BCUT2D eigenvalue weighted by atomic mass is 16.3. The van der Waals surface area contributed by atoms with Crippen LogP contribution in [0.2, 0.25) is 0 Å². The van der Waals surface area contributed by atoms with Crippen molar-refractivity contribution < 1.29 is 9.21 Å². The van der Waals surface area contributed by atoms with E-state index in [0.29, 0.717) is 19.6 Å². The summed E-state index contributed by atoms with van der Waals surface area (Å²) in [6.45, 7) is 4.74. The van der Waals surface area contributed by atoms with Crippen LogP contribution in [0.15, 0.2) is 35.2 Å². The van der Waals surface area contributed by atoms with Gasteiger partial charge in [0.25, 0.3) is 0 Å².